The summed E-state index contributed by atoms with van der Waals surface area (Å²) in [4.78, 5) is 6.68. The number of hydrogen-bond acceptors (Lipinski definition) is 4. The third-order valence-electron chi connectivity index (χ3n) is 3.48. The van der Waals surface area contributed by atoms with Gasteiger partial charge in [-0.15, -0.1) is 0 Å². The van der Waals surface area contributed by atoms with Crippen molar-refractivity contribution in [1.29, 1.82) is 5.26 Å². The highest BCUT2D eigenvalue weighted by Gasteiger charge is 2.15. The molecular weight excluding hydrogens is 252 g/mol. The lowest BCUT2D eigenvalue weighted by Gasteiger charge is -2.27. The fourth-order valence-electron chi connectivity index (χ4n) is 2.33. The highest BCUT2D eigenvalue weighted by atomic mass is 16.5. The molecule has 0 amide bonds. The van der Waals surface area contributed by atoms with E-state index >= 15 is 0 Å². The number of ether oxygens (including phenoxy) is 1. The van der Waals surface area contributed by atoms with Crippen molar-refractivity contribution in [2.45, 2.75) is 13.1 Å². The predicted octanol–water partition coefficient (Wildman–Crippen LogP) is 1.65. The van der Waals surface area contributed by atoms with E-state index in [4.69, 9.17) is 10.00 Å². The molecule has 1 aromatic carbocycles. The van der Waals surface area contributed by atoms with Gasteiger partial charge in [-0.1, -0.05) is 0 Å². The summed E-state index contributed by atoms with van der Waals surface area (Å²) in [5.74, 6) is 1.93. The Labute approximate surface area is 118 Å². The second-order valence-electron chi connectivity index (χ2n) is 4.80. The van der Waals surface area contributed by atoms with Crippen molar-refractivity contribution in [2.75, 3.05) is 19.7 Å². The molecule has 0 saturated heterocycles. The van der Waals surface area contributed by atoms with Gasteiger partial charge in [-0.3, -0.25) is 4.90 Å². The monoisotopic (exact) mass is 268 g/mol. The van der Waals surface area contributed by atoms with Gasteiger partial charge in [0, 0.05) is 32.0 Å². The van der Waals surface area contributed by atoms with Crippen LogP contribution in [0.2, 0.25) is 0 Å². The molecule has 5 nitrogen and oxygen atoms in total. The topological polar surface area (TPSA) is 54.1 Å². The second-order valence-corrected chi connectivity index (χ2v) is 4.80. The van der Waals surface area contributed by atoms with E-state index in [0.29, 0.717) is 12.2 Å². The van der Waals surface area contributed by atoms with Gasteiger partial charge in [0.15, 0.2) is 0 Å². The first-order valence-corrected chi connectivity index (χ1v) is 6.70. The molecule has 0 unspecified atom stereocenters. The summed E-state index contributed by atoms with van der Waals surface area (Å²) in [7, 11) is 0. The van der Waals surface area contributed by atoms with E-state index in [1.165, 1.54) is 0 Å². The normalized spacial score (nSPS) is 14.6. The fourth-order valence-corrected chi connectivity index (χ4v) is 2.33. The molecule has 0 bridgehead atoms. The van der Waals surface area contributed by atoms with Crippen LogP contribution in [0.5, 0.6) is 5.75 Å². The highest BCUT2D eigenvalue weighted by molar-refractivity contribution is 5.34. The number of fused-ring (bicyclic) bond motifs is 1. The molecule has 2 aromatic rings. The van der Waals surface area contributed by atoms with Crippen LogP contribution in [0, 0.1) is 11.3 Å². The van der Waals surface area contributed by atoms with Crippen molar-refractivity contribution in [2.24, 2.45) is 0 Å². The molecule has 102 valence electrons. The number of imidazole rings is 1. The molecule has 2 heterocycles. The quantitative estimate of drug-likeness (QED) is 0.846. The van der Waals surface area contributed by atoms with E-state index in [1.54, 1.807) is 12.1 Å². The minimum absolute atomic E-state index is 0.645. The molecule has 0 spiro atoms. The van der Waals surface area contributed by atoms with Gasteiger partial charge in [0.1, 0.15) is 18.2 Å². The van der Waals surface area contributed by atoms with Crippen molar-refractivity contribution in [3.05, 3.63) is 48.0 Å². The molecule has 20 heavy (non-hydrogen) atoms. The zero-order valence-electron chi connectivity index (χ0n) is 11.2. The van der Waals surface area contributed by atoms with Gasteiger partial charge in [-0.25, -0.2) is 4.98 Å². The Morgan fingerprint density at radius 1 is 1.25 bits per heavy atom. The Kier molecular flexibility index (Phi) is 3.66. The maximum atomic E-state index is 8.73. The minimum atomic E-state index is 0.645. The van der Waals surface area contributed by atoms with Gasteiger partial charge in [-0.05, 0) is 24.3 Å². The summed E-state index contributed by atoms with van der Waals surface area (Å²) in [6.45, 7) is 4.43. The number of benzene rings is 1. The van der Waals surface area contributed by atoms with Gasteiger partial charge >= 0.3 is 0 Å². The summed E-state index contributed by atoms with van der Waals surface area (Å²) in [5.41, 5.74) is 0.653. The number of aromatic nitrogens is 2. The van der Waals surface area contributed by atoms with E-state index in [0.717, 1.165) is 37.8 Å². The lowest BCUT2D eigenvalue weighted by Crippen LogP contribution is -2.36. The average Bonchev–Trinajstić information content (AvgIpc) is 2.95. The van der Waals surface area contributed by atoms with Crippen LogP contribution in [0.25, 0.3) is 0 Å². The van der Waals surface area contributed by atoms with Crippen molar-refractivity contribution < 1.29 is 4.74 Å². The summed E-state index contributed by atoms with van der Waals surface area (Å²) < 4.78 is 7.89. The molecule has 0 radical (unpaired) electrons. The lowest BCUT2D eigenvalue weighted by molar-refractivity contribution is 0.175. The average molecular weight is 268 g/mol. The van der Waals surface area contributed by atoms with Crippen LogP contribution in [0.1, 0.15) is 11.4 Å². The van der Waals surface area contributed by atoms with Crippen LogP contribution in [0.4, 0.5) is 0 Å². The Hall–Kier alpha value is -2.32. The Bertz CT molecular complexity index is 612. The van der Waals surface area contributed by atoms with Crippen LogP contribution < -0.4 is 4.74 Å². The van der Waals surface area contributed by atoms with Crippen LogP contribution in [-0.4, -0.2) is 34.1 Å². The predicted molar refractivity (Wildman–Crippen MR) is 74.2 cm³/mol. The molecule has 0 saturated carbocycles. The summed E-state index contributed by atoms with van der Waals surface area (Å²) in [6.07, 6.45) is 3.88. The first-order valence-electron chi connectivity index (χ1n) is 6.70. The number of nitrogens with zero attached hydrogens (tertiary/aromatic N) is 4. The zero-order valence-corrected chi connectivity index (χ0v) is 11.2. The Morgan fingerprint density at radius 3 is 2.90 bits per heavy atom. The first kappa shape index (κ1) is 12.7. The number of hydrogen-bond donors (Lipinski definition) is 0. The Balaban J connectivity index is 1.47. The molecule has 5 heteroatoms. The van der Waals surface area contributed by atoms with Gasteiger partial charge in [-0.2, -0.15) is 5.26 Å². The van der Waals surface area contributed by atoms with Gasteiger partial charge in [0.05, 0.1) is 18.2 Å². The molecule has 1 aliphatic rings. The van der Waals surface area contributed by atoms with Crippen molar-refractivity contribution in [3.8, 4) is 11.8 Å². The molecule has 0 fully saturated rings. The summed E-state index contributed by atoms with van der Waals surface area (Å²) >= 11 is 0. The van der Waals surface area contributed by atoms with E-state index in [9.17, 15) is 0 Å². The van der Waals surface area contributed by atoms with Gasteiger partial charge in [0.25, 0.3) is 0 Å². The standard InChI is InChI=1S/C15H16N4O/c16-11-13-1-3-14(4-2-13)20-10-9-18-7-8-19-6-5-17-15(19)12-18/h1-6H,7-10,12H2. The van der Waals surface area contributed by atoms with E-state index in [-0.39, 0.29) is 0 Å². The SMILES string of the molecule is N#Cc1ccc(OCCN2CCn3ccnc3C2)cc1. The van der Waals surface area contributed by atoms with Gasteiger partial charge in [0.2, 0.25) is 0 Å². The third kappa shape index (κ3) is 2.81. The van der Waals surface area contributed by atoms with E-state index in [2.05, 4.69) is 20.5 Å². The van der Waals surface area contributed by atoms with Crippen molar-refractivity contribution in [1.82, 2.24) is 14.5 Å². The van der Waals surface area contributed by atoms with Crippen LogP contribution in [-0.2, 0) is 13.1 Å². The van der Waals surface area contributed by atoms with Crippen molar-refractivity contribution >= 4 is 0 Å². The zero-order chi connectivity index (χ0) is 13.8. The third-order valence-corrected chi connectivity index (χ3v) is 3.48. The van der Waals surface area contributed by atoms with Crippen LogP contribution in [0.3, 0.4) is 0 Å². The summed E-state index contributed by atoms with van der Waals surface area (Å²) in [5, 5.41) is 8.73. The first-order chi connectivity index (χ1) is 9.85. The van der Waals surface area contributed by atoms with Crippen LogP contribution >= 0.6 is 0 Å². The van der Waals surface area contributed by atoms with Crippen LogP contribution in [0.15, 0.2) is 36.7 Å². The lowest BCUT2D eigenvalue weighted by atomic mass is 10.2. The van der Waals surface area contributed by atoms with E-state index in [1.807, 2.05) is 24.5 Å². The molecule has 1 aromatic heterocycles. The smallest absolute Gasteiger partial charge is 0.122 e. The van der Waals surface area contributed by atoms with E-state index < -0.39 is 0 Å². The molecule has 1 aliphatic heterocycles. The number of rotatable bonds is 4. The second kappa shape index (κ2) is 5.76. The molecular formula is C15H16N4O. The molecule has 0 aliphatic carbocycles. The Morgan fingerprint density at radius 2 is 2.10 bits per heavy atom. The summed E-state index contributed by atoms with van der Waals surface area (Å²) in [6, 6.07) is 9.31. The molecule has 0 atom stereocenters. The fraction of sp³-hybridized carbons (Fsp3) is 0.333. The molecule has 3 rings (SSSR count). The van der Waals surface area contributed by atoms with Crippen molar-refractivity contribution in [3.63, 3.8) is 0 Å². The minimum Gasteiger partial charge on any atom is -0.492 e. The largest absolute Gasteiger partial charge is 0.492 e. The maximum Gasteiger partial charge on any atom is 0.122 e. The maximum absolute atomic E-state index is 8.73. The number of nitriles is 1. The van der Waals surface area contributed by atoms with Gasteiger partial charge < -0.3 is 9.30 Å². The highest BCUT2D eigenvalue weighted by Crippen LogP contribution is 2.13. The molecule has 0 N–H and O–H groups in total.